The van der Waals surface area contributed by atoms with Gasteiger partial charge in [-0.25, -0.2) is 4.98 Å². The number of aromatic nitrogens is 2. The zero-order valence-corrected chi connectivity index (χ0v) is 12.6. The van der Waals surface area contributed by atoms with E-state index in [4.69, 9.17) is 17.3 Å². The monoisotopic (exact) mass is 279 g/mol. The third-order valence-electron chi connectivity index (χ3n) is 3.44. The van der Waals surface area contributed by atoms with Crippen molar-refractivity contribution in [3.8, 4) is 0 Å². The van der Waals surface area contributed by atoms with Crippen molar-refractivity contribution in [1.29, 1.82) is 0 Å². The number of halogens is 1. The number of aryl methyl sites for hydroxylation is 1. The molecule has 2 rings (SSSR count). The summed E-state index contributed by atoms with van der Waals surface area (Å²) in [7, 11) is 0. The average molecular weight is 280 g/mol. The highest BCUT2D eigenvalue weighted by Crippen LogP contribution is 2.25. The molecule has 2 aromatic rings. The second-order valence-electron chi connectivity index (χ2n) is 5.45. The number of fused-ring (bicyclic) bond motifs is 1. The molecule has 0 radical (unpaired) electrons. The van der Waals surface area contributed by atoms with Crippen molar-refractivity contribution in [1.82, 2.24) is 9.55 Å². The Labute approximate surface area is 119 Å². The number of benzene rings is 1. The Balaban J connectivity index is 2.48. The second kappa shape index (κ2) is 5.93. The summed E-state index contributed by atoms with van der Waals surface area (Å²) in [6.45, 7) is 7.51. The van der Waals surface area contributed by atoms with Gasteiger partial charge in [0.05, 0.1) is 17.1 Å². The van der Waals surface area contributed by atoms with Gasteiger partial charge in [-0.15, -0.1) is 0 Å². The van der Waals surface area contributed by atoms with Crippen molar-refractivity contribution in [2.75, 3.05) is 0 Å². The molecule has 1 atom stereocenters. The van der Waals surface area contributed by atoms with E-state index in [1.807, 2.05) is 18.2 Å². The molecule has 1 aromatic carbocycles. The van der Waals surface area contributed by atoms with Crippen LogP contribution in [0.25, 0.3) is 11.0 Å². The Kier molecular flexibility index (Phi) is 4.48. The molecule has 0 bridgehead atoms. The molecular formula is C15H22ClN3. The van der Waals surface area contributed by atoms with Gasteiger partial charge in [0.2, 0.25) is 0 Å². The fourth-order valence-corrected chi connectivity index (χ4v) is 2.38. The summed E-state index contributed by atoms with van der Waals surface area (Å²) in [6, 6.07) is 5.85. The maximum absolute atomic E-state index is 6.19. The van der Waals surface area contributed by atoms with E-state index in [-0.39, 0.29) is 6.04 Å². The van der Waals surface area contributed by atoms with Crippen LogP contribution in [0.4, 0.5) is 0 Å². The first-order valence-electron chi connectivity index (χ1n) is 6.94. The normalized spacial score (nSPS) is 13.4. The lowest BCUT2D eigenvalue weighted by atomic mass is 10.1. The fourth-order valence-electron chi connectivity index (χ4n) is 2.21. The van der Waals surface area contributed by atoms with Crippen LogP contribution in [0.5, 0.6) is 0 Å². The molecule has 104 valence electrons. The van der Waals surface area contributed by atoms with Gasteiger partial charge in [-0.3, -0.25) is 0 Å². The van der Waals surface area contributed by atoms with Crippen molar-refractivity contribution in [2.45, 2.75) is 46.2 Å². The van der Waals surface area contributed by atoms with E-state index in [9.17, 15) is 0 Å². The van der Waals surface area contributed by atoms with Crippen LogP contribution < -0.4 is 5.73 Å². The van der Waals surface area contributed by atoms with Crippen molar-refractivity contribution < 1.29 is 0 Å². The van der Waals surface area contributed by atoms with Crippen LogP contribution in [0.2, 0.25) is 5.02 Å². The minimum Gasteiger partial charge on any atom is -0.327 e. The lowest BCUT2D eigenvalue weighted by molar-refractivity contribution is 0.496. The molecule has 2 N–H and O–H groups in total. The van der Waals surface area contributed by atoms with Gasteiger partial charge in [-0.05, 0) is 37.0 Å². The minimum absolute atomic E-state index is 0.0154. The highest BCUT2D eigenvalue weighted by Gasteiger charge is 2.16. The van der Waals surface area contributed by atoms with E-state index in [2.05, 4.69) is 30.3 Å². The number of nitrogens with two attached hydrogens (primary N) is 1. The minimum atomic E-state index is -0.0154. The maximum Gasteiger partial charge on any atom is 0.126 e. The highest BCUT2D eigenvalue weighted by molar-refractivity contribution is 6.31. The summed E-state index contributed by atoms with van der Waals surface area (Å²) >= 11 is 6.04. The first-order valence-corrected chi connectivity index (χ1v) is 7.32. The highest BCUT2D eigenvalue weighted by atomic mass is 35.5. The zero-order valence-electron chi connectivity index (χ0n) is 11.9. The quantitative estimate of drug-likeness (QED) is 0.894. The number of rotatable bonds is 5. The lowest BCUT2D eigenvalue weighted by Gasteiger charge is -2.14. The molecule has 0 aliphatic heterocycles. The van der Waals surface area contributed by atoms with E-state index in [0.29, 0.717) is 5.92 Å². The smallest absolute Gasteiger partial charge is 0.126 e. The predicted molar refractivity (Wildman–Crippen MR) is 81.4 cm³/mol. The Hall–Kier alpha value is -1.06. The second-order valence-corrected chi connectivity index (χ2v) is 5.89. The third-order valence-corrected chi connectivity index (χ3v) is 3.68. The molecule has 0 amide bonds. The van der Waals surface area contributed by atoms with Crippen LogP contribution in [0.3, 0.4) is 0 Å². The molecule has 0 aliphatic carbocycles. The van der Waals surface area contributed by atoms with Crippen molar-refractivity contribution in [3.63, 3.8) is 0 Å². The number of hydrogen-bond donors (Lipinski definition) is 1. The topological polar surface area (TPSA) is 43.8 Å². The Morgan fingerprint density at radius 2 is 2.11 bits per heavy atom. The van der Waals surface area contributed by atoms with Gasteiger partial charge < -0.3 is 10.3 Å². The van der Waals surface area contributed by atoms with Crippen LogP contribution >= 0.6 is 11.6 Å². The molecule has 1 heterocycles. The van der Waals surface area contributed by atoms with Crippen LogP contribution in [0.1, 0.15) is 45.5 Å². The van der Waals surface area contributed by atoms with E-state index in [1.165, 1.54) is 0 Å². The molecule has 19 heavy (non-hydrogen) atoms. The van der Waals surface area contributed by atoms with Crippen molar-refractivity contribution >= 4 is 22.6 Å². The summed E-state index contributed by atoms with van der Waals surface area (Å²) < 4.78 is 2.25. The largest absolute Gasteiger partial charge is 0.327 e. The molecule has 0 aliphatic rings. The van der Waals surface area contributed by atoms with Crippen molar-refractivity contribution in [2.24, 2.45) is 11.7 Å². The Bertz CT molecular complexity index is 560. The Morgan fingerprint density at radius 3 is 2.74 bits per heavy atom. The molecular weight excluding hydrogens is 258 g/mol. The lowest BCUT2D eigenvalue weighted by Crippen LogP contribution is -2.16. The summed E-state index contributed by atoms with van der Waals surface area (Å²) in [6.07, 6.45) is 2.01. The van der Waals surface area contributed by atoms with Crippen LogP contribution in [-0.2, 0) is 6.54 Å². The third kappa shape index (κ3) is 3.10. The number of hydrogen-bond acceptors (Lipinski definition) is 2. The Morgan fingerprint density at radius 1 is 1.37 bits per heavy atom. The van der Waals surface area contributed by atoms with E-state index in [1.54, 1.807) is 0 Å². The van der Waals surface area contributed by atoms with Crippen LogP contribution in [0.15, 0.2) is 18.2 Å². The molecule has 4 heteroatoms. The van der Waals surface area contributed by atoms with Gasteiger partial charge in [0.25, 0.3) is 0 Å². The summed E-state index contributed by atoms with van der Waals surface area (Å²) in [5.41, 5.74) is 8.26. The summed E-state index contributed by atoms with van der Waals surface area (Å²) in [4.78, 5) is 4.68. The van der Waals surface area contributed by atoms with Gasteiger partial charge in [0, 0.05) is 11.6 Å². The van der Waals surface area contributed by atoms with Gasteiger partial charge in [-0.1, -0.05) is 32.4 Å². The fraction of sp³-hybridized carbons (Fsp3) is 0.533. The SMILES string of the molecule is CCC(N)c1nc2cc(Cl)ccc2n1CCC(C)C. The molecule has 0 saturated heterocycles. The van der Waals surface area contributed by atoms with Gasteiger partial charge in [-0.2, -0.15) is 0 Å². The summed E-state index contributed by atoms with van der Waals surface area (Å²) in [5.74, 6) is 1.64. The molecule has 0 spiro atoms. The molecule has 3 nitrogen and oxygen atoms in total. The van der Waals surface area contributed by atoms with E-state index >= 15 is 0 Å². The maximum atomic E-state index is 6.19. The zero-order chi connectivity index (χ0) is 14.0. The van der Waals surface area contributed by atoms with Gasteiger partial charge in [0.1, 0.15) is 5.82 Å². The molecule has 0 fully saturated rings. The first kappa shape index (κ1) is 14.4. The first-order chi connectivity index (χ1) is 9.02. The molecule has 1 aromatic heterocycles. The van der Waals surface area contributed by atoms with E-state index < -0.39 is 0 Å². The van der Waals surface area contributed by atoms with Crippen LogP contribution in [-0.4, -0.2) is 9.55 Å². The number of imidazole rings is 1. The molecule has 1 unspecified atom stereocenters. The van der Waals surface area contributed by atoms with Crippen LogP contribution in [0, 0.1) is 5.92 Å². The average Bonchev–Trinajstić information content (AvgIpc) is 2.72. The summed E-state index contributed by atoms with van der Waals surface area (Å²) in [5, 5.41) is 0.720. The van der Waals surface area contributed by atoms with E-state index in [0.717, 1.165) is 41.3 Å². The van der Waals surface area contributed by atoms with Gasteiger partial charge in [0.15, 0.2) is 0 Å². The molecule has 0 saturated carbocycles. The predicted octanol–water partition coefficient (Wildman–Crippen LogP) is 4.15. The van der Waals surface area contributed by atoms with Gasteiger partial charge >= 0.3 is 0 Å². The standard InChI is InChI=1S/C15H22ClN3/c1-4-12(17)15-18-13-9-11(16)5-6-14(13)19(15)8-7-10(2)3/h5-6,9-10,12H,4,7-8,17H2,1-3H3. The number of nitrogens with zero attached hydrogens (tertiary/aromatic N) is 2. The van der Waals surface area contributed by atoms with Crippen molar-refractivity contribution in [3.05, 3.63) is 29.0 Å².